The number of benzene rings is 3. The zero-order chi connectivity index (χ0) is 30.6. The van der Waals surface area contributed by atoms with Gasteiger partial charge < -0.3 is 24.4 Å². The molecule has 228 valence electrons. The van der Waals surface area contributed by atoms with Gasteiger partial charge in [-0.25, -0.2) is 4.98 Å². The number of aliphatic hydroxyl groups excluding tert-OH is 2. The van der Waals surface area contributed by atoms with Gasteiger partial charge >= 0.3 is 0 Å². The van der Waals surface area contributed by atoms with Crippen LogP contribution in [0.2, 0.25) is 0 Å². The first kappa shape index (κ1) is 29.6. The van der Waals surface area contributed by atoms with Crippen LogP contribution in [0.4, 0.5) is 0 Å². The molecule has 0 spiro atoms. The SMILES string of the molecule is COc1cc2cc(CO)c(CO)c(-c3ccnc(-n4ccc5c(OCCN6CCCCC6)cccc5c4=O)c3)c2cc1OC. The highest BCUT2D eigenvalue weighted by molar-refractivity contribution is 6.01. The summed E-state index contributed by atoms with van der Waals surface area (Å²) >= 11 is 0. The molecule has 0 unspecified atom stereocenters. The molecule has 1 aliphatic rings. The van der Waals surface area contributed by atoms with Crippen LogP contribution in [0.15, 0.2) is 71.8 Å². The Morgan fingerprint density at radius 3 is 2.39 bits per heavy atom. The first-order chi connectivity index (χ1) is 21.6. The van der Waals surface area contributed by atoms with Crippen LogP contribution in [-0.2, 0) is 13.2 Å². The molecule has 1 fully saturated rings. The summed E-state index contributed by atoms with van der Waals surface area (Å²) in [5.74, 6) is 2.21. The highest BCUT2D eigenvalue weighted by Crippen LogP contribution is 2.41. The van der Waals surface area contributed by atoms with Crippen LogP contribution in [0.3, 0.4) is 0 Å². The van der Waals surface area contributed by atoms with Gasteiger partial charge in [-0.2, -0.15) is 0 Å². The van der Waals surface area contributed by atoms with E-state index in [0.29, 0.717) is 46.2 Å². The summed E-state index contributed by atoms with van der Waals surface area (Å²) in [4.78, 5) is 20.8. The average Bonchev–Trinajstić information content (AvgIpc) is 3.07. The second-order valence-electron chi connectivity index (χ2n) is 11.0. The molecule has 0 saturated carbocycles. The second kappa shape index (κ2) is 13.1. The van der Waals surface area contributed by atoms with Crippen LogP contribution >= 0.6 is 0 Å². The van der Waals surface area contributed by atoms with Gasteiger partial charge in [-0.05, 0) is 107 Å². The lowest BCUT2D eigenvalue weighted by Gasteiger charge is -2.26. The van der Waals surface area contributed by atoms with E-state index in [9.17, 15) is 15.0 Å². The molecule has 0 aliphatic carbocycles. The number of aromatic nitrogens is 2. The minimum atomic E-state index is -0.288. The van der Waals surface area contributed by atoms with Crippen molar-refractivity contribution >= 4 is 21.5 Å². The number of rotatable bonds is 10. The molecule has 44 heavy (non-hydrogen) atoms. The fourth-order valence-corrected chi connectivity index (χ4v) is 6.21. The lowest BCUT2D eigenvalue weighted by atomic mass is 9.90. The van der Waals surface area contributed by atoms with E-state index in [4.69, 9.17) is 14.2 Å². The summed E-state index contributed by atoms with van der Waals surface area (Å²) < 4.78 is 18.8. The summed E-state index contributed by atoms with van der Waals surface area (Å²) in [7, 11) is 3.14. The van der Waals surface area contributed by atoms with Crippen molar-refractivity contribution in [2.75, 3.05) is 40.5 Å². The molecule has 0 bridgehead atoms. The van der Waals surface area contributed by atoms with Gasteiger partial charge in [0.2, 0.25) is 0 Å². The van der Waals surface area contributed by atoms with Gasteiger partial charge in [0.1, 0.15) is 18.2 Å². The molecular weight excluding hydrogens is 558 g/mol. The number of nitrogens with zero attached hydrogens (tertiary/aromatic N) is 3. The van der Waals surface area contributed by atoms with Crippen molar-refractivity contribution < 1.29 is 24.4 Å². The summed E-state index contributed by atoms with van der Waals surface area (Å²) in [5, 5.41) is 23.5. The van der Waals surface area contributed by atoms with Gasteiger partial charge in [0, 0.05) is 24.3 Å². The van der Waals surface area contributed by atoms with Crippen LogP contribution in [0, 0.1) is 0 Å². The molecule has 1 aliphatic heterocycles. The molecule has 0 radical (unpaired) electrons. The van der Waals surface area contributed by atoms with E-state index in [0.717, 1.165) is 46.9 Å². The normalized spacial score (nSPS) is 13.8. The average molecular weight is 596 g/mol. The van der Waals surface area contributed by atoms with Crippen molar-refractivity contribution in [1.29, 1.82) is 0 Å². The van der Waals surface area contributed by atoms with Crippen molar-refractivity contribution in [1.82, 2.24) is 14.5 Å². The number of ether oxygens (including phenoxy) is 3. The Hall–Kier alpha value is -4.44. The second-order valence-corrected chi connectivity index (χ2v) is 11.0. The molecule has 5 aromatic rings. The van der Waals surface area contributed by atoms with E-state index >= 15 is 0 Å². The highest BCUT2D eigenvalue weighted by Gasteiger charge is 2.19. The minimum Gasteiger partial charge on any atom is -0.493 e. The molecule has 2 aromatic heterocycles. The molecular formula is C35H37N3O6. The predicted octanol–water partition coefficient (Wildman–Crippen LogP) is 5.07. The topological polar surface area (TPSA) is 106 Å². The van der Waals surface area contributed by atoms with Crippen LogP contribution in [0.1, 0.15) is 30.4 Å². The van der Waals surface area contributed by atoms with Gasteiger partial charge in [-0.1, -0.05) is 12.5 Å². The number of pyridine rings is 2. The van der Waals surface area contributed by atoms with Crippen molar-refractivity contribution in [3.63, 3.8) is 0 Å². The molecule has 1 saturated heterocycles. The zero-order valence-electron chi connectivity index (χ0n) is 25.1. The van der Waals surface area contributed by atoms with Gasteiger partial charge in [0.15, 0.2) is 11.5 Å². The summed E-state index contributed by atoms with van der Waals surface area (Å²) in [5.41, 5.74) is 2.42. The van der Waals surface area contributed by atoms with Crippen molar-refractivity contribution in [3.8, 4) is 34.2 Å². The molecule has 3 heterocycles. The Bertz CT molecular complexity index is 1860. The first-order valence-corrected chi connectivity index (χ1v) is 14.9. The molecule has 6 rings (SSSR count). The Kier molecular flexibility index (Phi) is 8.79. The standard InChI is InChI=1S/C35H37N3O6/c1-42-31-18-24-17-25(21-39)29(22-40)34(28(24)20-32(31)43-2)23-9-11-36-33(19-23)38-14-10-26-27(35(38)41)7-6-8-30(26)44-16-15-37-12-4-3-5-13-37/h6-11,14,17-20,39-40H,3-5,12-13,15-16,21-22H2,1-2H3. The van der Waals surface area contributed by atoms with E-state index in [1.807, 2.05) is 48.5 Å². The third kappa shape index (κ3) is 5.61. The van der Waals surface area contributed by atoms with E-state index in [1.165, 1.54) is 23.8 Å². The quantitative estimate of drug-likeness (QED) is 0.231. The maximum absolute atomic E-state index is 13.8. The Morgan fingerprint density at radius 2 is 1.64 bits per heavy atom. The Labute approximate surface area is 255 Å². The lowest BCUT2D eigenvalue weighted by molar-refractivity contribution is 0.184. The largest absolute Gasteiger partial charge is 0.493 e. The summed E-state index contributed by atoms with van der Waals surface area (Å²) in [6, 6.07) is 16.6. The van der Waals surface area contributed by atoms with Crippen LogP contribution in [0.25, 0.3) is 38.5 Å². The van der Waals surface area contributed by atoms with E-state index in [-0.39, 0.29) is 18.8 Å². The van der Waals surface area contributed by atoms with E-state index < -0.39 is 0 Å². The van der Waals surface area contributed by atoms with E-state index in [1.54, 1.807) is 32.7 Å². The Balaban J connectivity index is 1.40. The fourth-order valence-electron chi connectivity index (χ4n) is 6.21. The van der Waals surface area contributed by atoms with Crippen molar-refractivity contribution in [2.24, 2.45) is 0 Å². The van der Waals surface area contributed by atoms with Crippen molar-refractivity contribution in [3.05, 3.63) is 88.5 Å². The molecule has 0 amide bonds. The number of hydrogen-bond donors (Lipinski definition) is 2. The summed E-state index contributed by atoms with van der Waals surface area (Å²) in [6.07, 6.45) is 7.12. The van der Waals surface area contributed by atoms with Crippen molar-refractivity contribution in [2.45, 2.75) is 32.5 Å². The van der Waals surface area contributed by atoms with Gasteiger partial charge in [0.05, 0.1) is 32.8 Å². The number of methoxy groups -OCH3 is 2. The highest BCUT2D eigenvalue weighted by atomic mass is 16.5. The number of likely N-dealkylation sites (tertiary alicyclic amines) is 1. The van der Waals surface area contributed by atoms with Crippen LogP contribution in [-0.4, -0.2) is 65.1 Å². The third-order valence-corrected chi connectivity index (χ3v) is 8.47. The molecule has 2 N–H and O–H groups in total. The number of fused-ring (bicyclic) bond motifs is 2. The van der Waals surface area contributed by atoms with Crippen LogP contribution in [0.5, 0.6) is 17.2 Å². The van der Waals surface area contributed by atoms with Gasteiger partial charge in [0.25, 0.3) is 5.56 Å². The van der Waals surface area contributed by atoms with Crippen LogP contribution < -0.4 is 19.8 Å². The lowest BCUT2D eigenvalue weighted by Crippen LogP contribution is -2.33. The van der Waals surface area contributed by atoms with Gasteiger partial charge in [-0.15, -0.1) is 0 Å². The molecule has 9 nitrogen and oxygen atoms in total. The maximum atomic E-state index is 13.8. The number of aliphatic hydroxyl groups is 2. The fraction of sp³-hybridized carbons (Fsp3) is 0.314. The zero-order valence-corrected chi connectivity index (χ0v) is 25.1. The Morgan fingerprint density at radius 1 is 0.841 bits per heavy atom. The first-order valence-electron chi connectivity index (χ1n) is 14.9. The predicted molar refractivity (Wildman–Crippen MR) is 171 cm³/mol. The number of hydrogen-bond acceptors (Lipinski definition) is 8. The maximum Gasteiger partial charge on any atom is 0.264 e. The minimum absolute atomic E-state index is 0.212. The summed E-state index contributed by atoms with van der Waals surface area (Å²) in [6.45, 7) is 3.11. The molecule has 3 aromatic carbocycles. The molecule has 9 heteroatoms. The van der Waals surface area contributed by atoms with Gasteiger partial charge in [-0.3, -0.25) is 14.3 Å². The molecule has 0 atom stereocenters. The van der Waals surface area contributed by atoms with E-state index in [2.05, 4.69) is 9.88 Å². The number of piperidine rings is 1. The monoisotopic (exact) mass is 595 g/mol. The smallest absolute Gasteiger partial charge is 0.264 e. The third-order valence-electron chi connectivity index (χ3n) is 8.47.